The van der Waals surface area contributed by atoms with Crippen LogP contribution in [0.5, 0.6) is 0 Å². The van der Waals surface area contributed by atoms with Gasteiger partial charge < -0.3 is 5.32 Å². The van der Waals surface area contributed by atoms with Crippen LogP contribution in [0.25, 0.3) is 0 Å². The number of nitrogens with one attached hydrogen (secondary N) is 1. The van der Waals surface area contributed by atoms with E-state index in [2.05, 4.69) is 10.3 Å². The zero-order valence-electron chi connectivity index (χ0n) is 4.35. The van der Waals surface area contributed by atoms with Crippen LogP contribution in [0.2, 0.25) is 0 Å². The Morgan fingerprint density at radius 1 is 1.75 bits per heavy atom. The van der Waals surface area contributed by atoms with Crippen LogP contribution in [0.4, 0.5) is 5.00 Å². The summed E-state index contributed by atoms with van der Waals surface area (Å²) in [6, 6.07) is 0. The predicted molar refractivity (Wildman–Crippen MR) is 34.3 cm³/mol. The van der Waals surface area contributed by atoms with Crippen molar-refractivity contribution in [2.75, 3.05) is 11.9 Å². The average Bonchev–Trinajstić information content (AvgIpc) is 2.15. The molecular formula is C5H6N2S. The first-order chi connectivity index (χ1) is 3.97. The van der Waals surface area contributed by atoms with Gasteiger partial charge in [-0.25, -0.2) is 4.98 Å². The first-order valence-electron chi connectivity index (χ1n) is 2.63. The molecule has 3 heteroatoms. The smallest absolute Gasteiger partial charge is 0.112 e. The van der Waals surface area contributed by atoms with Gasteiger partial charge in [-0.1, -0.05) is 0 Å². The topological polar surface area (TPSA) is 24.9 Å². The van der Waals surface area contributed by atoms with Crippen molar-refractivity contribution >= 4 is 16.3 Å². The SMILES string of the molecule is c1nc2c(s1)NCC2. The van der Waals surface area contributed by atoms with E-state index in [9.17, 15) is 0 Å². The Morgan fingerprint density at radius 3 is 3.62 bits per heavy atom. The van der Waals surface area contributed by atoms with Gasteiger partial charge in [0, 0.05) is 13.0 Å². The lowest BCUT2D eigenvalue weighted by Gasteiger charge is -1.84. The van der Waals surface area contributed by atoms with Gasteiger partial charge in [0.05, 0.1) is 11.2 Å². The van der Waals surface area contributed by atoms with Crippen molar-refractivity contribution in [3.63, 3.8) is 0 Å². The standard InChI is InChI=1S/C5H6N2S/c1-2-6-5-4(1)7-3-8-5/h3,6H,1-2H2. The fraction of sp³-hybridized carbons (Fsp3) is 0.400. The van der Waals surface area contributed by atoms with Crippen molar-refractivity contribution in [1.29, 1.82) is 0 Å². The molecule has 1 aliphatic heterocycles. The van der Waals surface area contributed by atoms with Crippen LogP contribution < -0.4 is 5.32 Å². The Labute approximate surface area is 51.6 Å². The number of anilines is 1. The van der Waals surface area contributed by atoms with Gasteiger partial charge in [0.1, 0.15) is 5.00 Å². The number of rotatable bonds is 0. The molecule has 0 saturated carbocycles. The first-order valence-corrected chi connectivity index (χ1v) is 3.51. The summed E-state index contributed by atoms with van der Waals surface area (Å²) in [6.07, 6.45) is 1.11. The number of thiazole rings is 1. The Bertz CT molecular complexity index is 176. The third kappa shape index (κ3) is 0.448. The van der Waals surface area contributed by atoms with E-state index >= 15 is 0 Å². The summed E-state index contributed by atoms with van der Waals surface area (Å²) in [6.45, 7) is 1.08. The zero-order valence-corrected chi connectivity index (χ0v) is 5.16. The summed E-state index contributed by atoms with van der Waals surface area (Å²) >= 11 is 1.69. The van der Waals surface area contributed by atoms with Crippen molar-refractivity contribution in [2.24, 2.45) is 0 Å². The van der Waals surface area contributed by atoms with Crippen molar-refractivity contribution in [1.82, 2.24) is 4.98 Å². The summed E-state index contributed by atoms with van der Waals surface area (Å²) in [4.78, 5) is 4.15. The van der Waals surface area contributed by atoms with E-state index in [1.807, 2.05) is 5.51 Å². The molecule has 2 heterocycles. The first kappa shape index (κ1) is 4.32. The minimum atomic E-state index is 1.08. The maximum absolute atomic E-state index is 4.15. The molecule has 0 amide bonds. The van der Waals surface area contributed by atoms with E-state index < -0.39 is 0 Å². The van der Waals surface area contributed by atoms with Crippen molar-refractivity contribution < 1.29 is 0 Å². The van der Waals surface area contributed by atoms with E-state index in [1.54, 1.807) is 11.3 Å². The fourth-order valence-corrected chi connectivity index (χ4v) is 1.65. The van der Waals surface area contributed by atoms with Gasteiger partial charge in [0.2, 0.25) is 0 Å². The van der Waals surface area contributed by atoms with Crippen molar-refractivity contribution in [3.8, 4) is 0 Å². The van der Waals surface area contributed by atoms with Crippen LogP contribution in [0.1, 0.15) is 5.69 Å². The van der Waals surface area contributed by atoms with Crippen molar-refractivity contribution in [2.45, 2.75) is 6.42 Å². The molecule has 0 aliphatic carbocycles. The minimum Gasteiger partial charge on any atom is -0.375 e. The van der Waals surface area contributed by atoms with Gasteiger partial charge in [0.15, 0.2) is 0 Å². The molecule has 0 saturated heterocycles. The summed E-state index contributed by atoms with van der Waals surface area (Å²) in [5.41, 5.74) is 3.13. The monoisotopic (exact) mass is 126 g/mol. The molecule has 2 rings (SSSR count). The normalized spacial score (nSPS) is 15.5. The van der Waals surface area contributed by atoms with Gasteiger partial charge in [-0.3, -0.25) is 0 Å². The molecule has 8 heavy (non-hydrogen) atoms. The highest BCUT2D eigenvalue weighted by atomic mass is 32.1. The van der Waals surface area contributed by atoms with Gasteiger partial charge >= 0.3 is 0 Å². The van der Waals surface area contributed by atoms with E-state index in [0.29, 0.717) is 0 Å². The summed E-state index contributed by atoms with van der Waals surface area (Å²) < 4.78 is 0. The molecule has 42 valence electrons. The van der Waals surface area contributed by atoms with Crippen molar-refractivity contribution in [3.05, 3.63) is 11.2 Å². The third-order valence-electron chi connectivity index (χ3n) is 1.29. The molecule has 1 N–H and O–H groups in total. The molecule has 0 unspecified atom stereocenters. The molecule has 0 fully saturated rings. The number of fused-ring (bicyclic) bond motifs is 1. The number of aromatic nitrogens is 1. The second-order valence-corrected chi connectivity index (χ2v) is 2.66. The third-order valence-corrected chi connectivity index (χ3v) is 2.12. The number of hydrogen-bond acceptors (Lipinski definition) is 3. The highest BCUT2D eigenvalue weighted by Gasteiger charge is 2.10. The highest BCUT2D eigenvalue weighted by molar-refractivity contribution is 7.14. The lowest BCUT2D eigenvalue weighted by Crippen LogP contribution is -1.90. The molecule has 2 nitrogen and oxygen atoms in total. The van der Waals surface area contributed by atoms with Crippen LogP contribution in [0.15, 0.2) is 5.51 Å². The highest BCUT2D eigenvalue weighted by Crippen LogP contribution is 2.24. The molecule has 1 aliphatic rings. The molecule has 0 bridgehead atoms. The molecule has 1 aromatic rings. The average molecular weight is 126 g/mol. The Morgan fingerprint density at radius 2 is 2.75 bits per heavy atom. The molecule has 0 radical (unpaired) electrons. The second kappa shape index (κ2) is 1.45. The van der Waals surface area contributed by atoms with E-state index in [1.165, 1.54) is 10.7 Å². The molecule has 0 spiro atoms. The van der Waals surface area contributed by atoms with E-state index in [4.69, 9.17) is 0 Å². The Balaban J connectivity index is 2.54. The maximum Gasteiger partial charge on any atom is 0.112 e. The number of hydrogen-bond donors (Lipinski definition) is 1. The zero-order chi connectivity index (χ0) is 5.40. The Hall–Kier alpha value is -0.570. The molecule has 1 aromatic heterocycles. The van der Waals surface area contributed by atoms with Gasteiger partial charge in [0.25, 0.3) is 0 Å². The largest absolute Gasteiger partial charge is 0.375 e. The molecular weight excluding hydrogens is 120 g/mol. The maximum atomic E-state index is 4.15. The molecule has 0 aromatic carbocycles. The van der Waals surface area contributed by atoms with Crippen LogP contribution in [0, 0.1) is 0 Å². The molecule has 0 atom stereocenters. The van der Waals surface area contributed by atoms with Crippen LogP contribution in [-0.4, -0.2) is 11.5 Å². The van der Waals surface area contributed by atoms with Crippen LogP contribution in [0.3, 0.4) is 0 Å². The summed E-state index contributed by atoms with van der Waals surface area (Å²) in [7, 11) is 0. The van der Waals surface area contributed by atoms with Crippen LogP contribution in [-0.2, 0) is 6.42 Å². The lowest BCUT2D eigenvalue weighted by molar-refractivity contribution is 1.05. The lowest BCUT2D eigenvalue weighted by atomic mass is 10.4. The summed E-state index contributed by atoms with van der Waals surface area (Å²) in [5.74, 6) is 0. The fourth-order valence-electron chi connectivity index (χ4n) is 0.886. The summed E-state index contributed by atoms with van der Waals surface area (Å²) in [5, 5.41) is 4.50. The predicted octanol–water partition coefficient (Wildman–Crippen LogP) is 1.11. The Kier molecular flexibility index (Phi) is 0.784. The quantitative estimate of drug-likeness (QED) is 0.563. The van der Waals surface area contributed by atoms with Gasteiger partial charge in [-0.05, 0) is 0 Å². The van der Waals surface area contributed by atoms with Gasteiger partial charge in [-0.15, -0.1) is 11.3 Å². The van der Waals surface area contributed by atoms with Gasteiger partial charge in [-0.2, -0.15) is 0 Å². The van der Waals surface area contributed by atoms with E-state index in [-0.39, 0.29) is 0 Å². The second-order valence-electron chi connectivity index (χ2n) is 1.80. The van der Waals surface area contributed by atoms with Crippen LogP contribution >= 0.6 is 11.3 Å². The van der Waals surface area contributed by atoms with E-state index in [0.717, 1.165) is 13.0 Å². The number of nitrogens with zero attached hydrogens (tertiary/aromatic N) is 1. The minimum absolute atomic E-state index is 1.08.